The molecule has 0 spiro atoms. The molecule has 0 aliphatic heterocycles. The molecule has 0 fully saturated rings. The normalized spacial score (nSPS) is 12.9. The van der Waals surface area contributed by atoms with Gasteiger partial charge in [0.15, 0.2) is 0 Å². The summed E-state index contributed by atoms with van der Waals surface area (Å²) < 4.78 is 12.2. The van der Waals surface area contributed by atoms with Crippen molar-refractivity contribution in [3.8, 4) is 0 Å². The van der Waals surface area contributed by atoms with Crippen molar-refractivity contribution in [2.24, 2.45) is 5.73 Å². The van der Waals surface area contributed by atoms with E-state index in [4.69, 9.17) is 17.3 Å². The van der Waals surface area contributed by atoms with Crippen LogP contribution in [0.2, 0.25) is 5.02 Å². The third-order valence-electron chi connectivity index (χ3n) is 1.80. The van der Waals surface area contributed by atoms with Gasteiger partial charge < -0.3 is 10.8 Å². The van der Waals surface area contributed by atoms with Gasteiger partial charge in [0.1, 0.15) is 6.67 Å². The lowest BCUT2D eigenvalue weighted by Crippen LogP contribution is -2.11. The third kappa shape index (κ3) is 2.40. The van der Waals surface area contributed by atoms with Gasteiger partial charge in [0, 0.05) is 17.1 Å². The third-order valence-corrected chi connectivity index (χ3v) is 2.13. The van der Waals surface area contributed by atoms with E-state index in [1.54, 1.807) is 12.1 Å². The summed E-state index contributed by atoms with van der Waals surface area (Å²) in [5, 5.41) is 9.73. The van der Waals surface area contributed by atoms with Crippen molar-refractivity contribution < 1.29 is 9.50 Å². The maximum Gasteiger partial charge on any atom is 0.115 e. The Bertz CT molecular complexity index is 293. The molecular formula is C9H11ClFNO. The Labute approximate surface area is 81.1 Å². The molecule has 0 amide bonds. The molecule has 1 rings (SSSR count). The fourth-order valence-corrected chi connectivity index (χ4v) is 1.38. The summed E-state index contributed by atoms with van der Waals surface area (Å²) in [4.78, 5) is 0. The number of aliphatic hydroxyl groups excluding tert-OH is 1. The highest BCUT2D eigenvalue weighted by atomic mass is 35.5. The summed E-state index contributed by atoms with van der Waals surface area (Å²) in [7, 11) is 0. The van der Waals surface area contributed by atoms with Crippen LogP contribution >= 0.6 is 11.6 Å². The molecule has 0 radical (unpaired) electrons. The Morgan fingerprint density at radius 2 is 2.23 bits per heavy atom. The summed E-state index contributed by atoms with van der Waals surface area (Å²) in [5.41, 5.74) is 6.30. The SMILES string of the molecule is NCC(O)c1ccc(CF)cc1Cl. The molecule has 2 nitrogen and oxygen atoms in total. The molecule has 72 valence electrons. The summed E-state index contributed by atoms with van der Waals surface area (Å²) in [6.07, 6.45) is -0.777. The van der Waals surface area contributed by atoms with Crippen LogP contribution in [-0.2, 0) is 6.67 Å². The van der Waals surface area contributed by atoms with Crippen LogP contribution in [0, 0.1) is 0 Å². The van der Waals surface area contributed by atoms with Crippen LogP contribution < -0.4 is 5.73 Å². The maximum atomic E-state index is 12.2. The van der Waals surface area contributed by atoms with Gasteiger partial charge in [-0.25, -0.2) is 4.39 Å². The first-order valence-electron chi connectivity index (χ1n) is 3.91. The number of hydrogen-bond acceptors (Lipinski definition) is 2. The van der Waals surface area contributed by atoms with Crippen molar-refractivity contribution in [1.29, 1.82) is 0 Å². The average Bonchev–Trinajstić information content (AvgIpc) is 2.16. The van der Waals surface area contributed by atoms with Crippen LogP contribution in [0.3, 0.4) is 0 Å². The van der Waals surface area contributed by atoms with Gasteiger partial charge in [-0.05, 0) is 11.6 Å². The zero-order valence-corrected chi connectivity index (χ0v) is 7.76. The lowest BCUT2D eigenvalue weighted by atomic mass is 10.1. The van der Waals surface area contributed by atoms with Crippen molar-refractivity contribution in [2.45, 2.75) is 12.8 Å². The number of rotatable bonds is 3. The number of aliphatic hydroxyl groups is 1. The van der Waals surface area contributed by atoms with Crippen LogP contribution in [0.4, 0.5) is 4.39 Å². The minimum absolute atomic E-state index is 0.106. The van der Waals surface area contributed by atoms with Crippen LogP contribution in [0.25, 0.3) is 0 Å². The number of halogens is 2. The molecule has 3 N–H and O–H groups in total. The molecule has 0 aliphatic carbocycles. The van der Waals surface area contributed by atoms with E-state index in [1.165, 1.54) is 6.07 Å². The monoisotopic (exact) mass is 203 g/mol. The van der Waals surface area contributed by atoms with E-state index in [0.29, 0.717) is 16.1 Å². The molecule has 0 bridgehead atoms. The second-order valence-corrected chi connectivity index (χ2v) is 3.15. The molecule has 1 aromatic carbocycles. The van der Waals surface area contributed by atoms with Crippen LogP contribution in [0.15, 0.2) is 18.2 Å². The predicted molar refractivity (Wildman–Crippen MR) is 50.3 cm³/mol. The van der Waals surface area contributed by atoms with E-state index < -0.39 is 12.8 Å². The molecule has 13 heavy (non-hydrogen) atoms. The lowest BCUT2D eigenvalue weighted by Gasteiger charge is -2.10. The van der Waals surface area contributed by atoms with E-state index in [1.807, 2.05) is 0 Å². The minimum atomic E-state index is -0.777. The number of nitrogens with two attached hydrogens (primary N) is 1. The average molecular weight is 204 g/mol. The summed E-state index contributed by atoms with van der Waals surface area (Å²) >= 11 is 5.80. The quantitative estimate of drug-likeness (QED) is 0.787. The van der Waals surface area contributed by atoms with Crippen molar-refractivity contribution in [2.75, 3.05) is 6.54 Å². The second-order valence-electron chi connectivity index (χ2n) is 2.74. The highest BCUT2D eigenvalue weighted by Gasteiger charge is 2.09. The van der Waals surface area contributed by atoms with E-state index in [9.17, 15) is 9.50 Å². The fraction of sp³-hybridized carbons (Fsp3) is 0.333. The molecule has 0 aliphatic rings. The topological polar surface area (TPSA) is 46.2 Å². The number of hydrogen-bond donors (Lipinski definition) is 2. The second kappa shape index (κ2) is 4.56. The van der Waals surface area contributed by atoms with Gasteiger partial charge in [-0.1, -0.05) is 23.7 Å². The van der Waals surface area contributed by atoms with Gasteiger partial charge in [0.05, 0.1) is 6.10 Å². The number of benzene rings is 1. The highest BCUT2D eigenvalue weighted by Crippen LogP contribution is 2.23. The summed E-state index contributed by atoms with van der Waals surface area (Å²) in [6, 6.07) is 4.67. The smallest absolute Gasteiger partial charge is 0.115 e. The van der Waals surface area contributed by atoms with Crippen LogP contribution in [0.5, 0.6) is 0 Å². The summed E-state index contributed by atoms with van der Waals surface area (Å²) in [6.45, 7) is -0.451. The Kier molecular flexibility index (Phi) is 3.66. The van der Waals surface area contributed by atoms with Gasteiger partial charge in [-0.3, -0.25) is 0 Å². The van der Waals surface area contributed by atoms with Gasteiger partial charge in [0.25, 0.3) is 0 Å². The number of alkyl halides is 1. The maximum absolute atomic E-state index is 12.2. The van der Waals surface area contributed by atoms with Crippen molar-refractivity contribution in [1.82, 2.24) is 0 Å². The molecule has 1 atom stereocenters. The largest absolute Gasteiger partial charge is 0.387 e. The van der Waals surface area contributed by atoms with E-state index in [2.05, 4.69) is 0 Å². The van der Waals surface area contributed by atoms with Crippen molar-refractivity contribution >= 4 is 11.6 Å². The highest BCUT2D eigenvalue weighted by molar-refractivity contribution is 6.31. The van der Waals surface area contributed by atoms with Gasteiger partial charge in [-0.15, -0.1) is 0 Å². The van der Waals surface area contributed by atoms with Gasteiger partial charge in [-0.2, -0.15) is 0 Å². The summed E-state index contributed by atoms with van der Waals surface area (Å²) in [5.74, 6) is 0. The van der Waals surface area contributed by atoms with Crippen molar-refractivity contribution in [3.05, 3.63) is 34.3 Å². The molecule has 0 aromatic heterocycles. The first kappa shape index (κ1) is 10.4. The van der Waals surface area contributed by atoms with E-state index >= 15 is 0 Å². The molecule has 1 unspecified atom stereocenters. The first-order chi connectivity index (χ1) is 6.19. The molecule has 4 heteroatoms. The van der Waals surface area contributed by atoms with E-state index in [0.717, 1.165) is 0 Å². The Hall–Kier alpha value is -0.640. The Morgan fingerprint density at radius 1 is 1.54 bits per heavy atom. The molecule has 0 saturated heterocycles. The molecular weight excluding hydrogens is 193 g/mol. The standard InChI is InChI=1S/C9H11ClFNO/c10-8-3-6(4-11)1-2-7(8)9(13)5-12/h1-3,9,13H,4-5,12H2. The lowest BCUT2D eigenvalue weighted by molar-refractivity contribution is 0.187. The zero-order chi connectivity index (χ0) is 9.84. The van der Waals surface area contributed by atoms with Gasteiger partial charge in [0.2, 0.25) is 0 Å². The molecule has 0 saturated carbocycles. The predicted octanol–water partition coefficient (Wildman–Crippen LogP) is 1.80. The van der Waals surface area contributed by atoms with Crippen molar-refractivity contribution in [3.63, 3.8) is 0 Å². The Morgan fingerprint density at radius 3 is 2.69 bits per heavy atom. The van der Waals surface area contributed by atoms with Crippen LogP contribution in [-0.4, -0.2) is 11.7 Å². The molecule has 0 heterocycles. The Balaban J connectivity index is 2.98. The van der Waals surface area contributed by atoms with Gasteiger partial charge >= 0.3 is 0 Å². The first-order valence-corrected chi connectivity index (χ1v) is 4.29. The fourth-order valence-electron chi connectivity index (χ4n) is 1.05. The molecule has 1 aromatic rings. The van der Waals surface area contributed by atoms with E-state index in [-0.39, 0.29) is 6.54 Å². The minimum Gasteiger partial charge on any atom is -0.387 e. The van der Waals surface area contributed by atoms with Crippen LogP contribution in [0.1, 0.15) is 17.2 Å². The zero-order valence-electron chi connectivity index (χ0n) is 7.00.